The number of hydrogen-bond donors (Lipinski definition) is 2. The number of halogens is 1. The predicted molar refractivity (Wildman–Crippen MR) is 81.9 cm³/mol. The number of rotatable bonds is 5. The van der Waals surface area contributed by atoms with Crippen LogP contribution in [0.5, 0.6) is 0 Å². The average molecular weight is 317 g/mol. The van der Waals surface area contributed by atoms with Crippen LogP contribution >= 0.6 is 12.4 Å². The number of carbonyl (C=O) groups excluding carboxylic acids is 1. The molecule has 0 bridgehead atoms. The zero-order chi connectivity index (χ0) is 14.5. The number of carbonyl (C=O) groups is 1. The average Bonchev–Trinajstić information content (AvgIpc) is 2.95. The molecule has 0 radical (unpaired) electrons. The van der Waals surface area contributed by atoms with Gasteiger partial charge < -0.3 is 15.2 Å². The van der Waals surface area contributed by atoms with E-state index in [1.54, 1.807) is 4.90 Å². The molecule has 1 amide bonds. The minimum atomic E-state index is -0.504. The Morgan fingerprint density at radius 3 is 2.71 bits per heavy atom. The lowest BCUT2D eigenvalue weighted by Crippen LogP contribution is -2.40. The monoisotopic (exact) mass is 316 g/mol. The number of nitrogens with one attached hydrogen (secondary N) is 2. The van der Waals surface area contributed by atoms with E-state index in [-0.39, 0.29) is 24.0 Å². The van der Waals surface area contributed by atoms with E-state index in [9.17, 15) is 14.9 Å². The maximum absolute atomic E-state index is 12.2. The van der Waals surface area contributed by atoms with E-state index in [0.29, 0.717) is 24.7 Å². The fourth-order valence-corrected chi connectivity index (χ4v) is 2.47. The molecule has 0 aromatic carbocycles. The minimum Gasteiger partial charge on any atom is -0.351 e. The van der Waals surface area contributed by atoms with Crippen LogP contribution in [0, 0.1) is 16.0 Å². The summed E-state index contributed by atoms with van der Waals surface area (Å²) >= 11 is 0. The molecular weight excluding hydrogens is 296 g/mol. The van der Waals surface area contributed by atoms with Crippen LogP contribution in [0.3, 0.4) is 0 Å². The first-order chi connectivity index (χ1) is 9.61. The third kappa shape index (κ3) is 4.44. The number of nitro groups is 1. The molecule has 2 N–H and O–H groups in total. The molecule has 1 aliphatic heterocycles. The summed E-state index contributed by atoms with van der Waals surface area (Å²) < 4.78 is 0. The van der Waals surface area contributed by atoms with Crippen molar-refractivity contribution in [3.63, 3.8) is 0 Å². The molecular formula is C13H21ClN4O3. The van der Waals surface area contributed by atoms with E-state index in [4.69, 9.17) is 0 Å². The Bertz CT molecular complexity index is 484. The van der Waals surface area contributed by atoms with Crippen molar-refractivity contribution in [1.29, 1.82) is 0 Å². The summed E-state index contributed by atoms with van der Waals surface area (Å²) in [4.78, 5) is 26.8. The molecule has 8 heteroatoms. The van der Waals surface area contributed by atoms with Gasteiger partial charge in [0.2, 0.25) is 0 Å². The van der Waals surface area contributed by atoms with Crippen LogP contribution < -0.4 is 5.32 Å². The van der Waals surface area contributed by atoms with E-state index < -0.39 is 4.92 Å². The first kappa shape index (κ1) is 17.5. The summed E-state index contributed by atoms with van der Waals surface area (Å²) in [7, 11) is 0. The molecule has 0 aliphatic carbocycles. The molecule has 7 nitrogen and oxygen atoms in total. The first-order valence-corrected chi connectivity index (χ1v) is 6.94. The fraction of sp³-hybridized carbons (Fsp3) is 0.615. The number of aromatic amines is 1. The van der Waals surface area contributed by atoms with Gasteiger partial charge in [-0.2, -0.15) is 0 Å². The van der Waals surface area contributed by atoms with E-state index >= 15 is 0 Å². The maximum Gasteiger partial charge on any atom is 0.287 e. The van der Waals surface area contributed by atoms with Crippen molar-refractivity contribution in [2.45, 2.75) is 19.8 Å². The molecule has 1 saturated heterocycles. The highest BCUT2D eigenvalue weighted by Gasteiger charge is 2.25. The summed E-state index contributed by atoms with van der Waals surface area (Å²) in [6, 6.07) is 1.30. The summed E-state index contributed by atoms with van der Waals surface area (Å²) in [5.41, 5.74) is 0.220. The van der Waals surface area contributed by atoms with Crippen LogP contribution in [-0.4, -0.2) is 46.9 Å². The van der Waals surface area contributed by atoms with Crippen molar-refractivity contribution in [3.05, 3.63) is 28.1 Å². The largest absolute Gasteiger partial charge is 0.351 e. The van der Waals surface area contributed by atoms with Gasteiger partial charge in [-0.25, -0.2) is 0 Å². The van der Waals surface area contributed by atoms with Gasteiger partial charge >= 0.3 is 0 Å². The molecule has 0 unspecified atom stereocenters. The second-order valence-corrected chi connectivity index (χ2v) is 5.07. The van der Waals surface area contributed by atoms with Crippen molar-refractivity contribution in [3.8, 4) is 0 Å². The van der Waals surface area contributed by atoms with Crippen LogP contribution in [0.1, 0.15) is 30.3 Å². The highest BCUT2D eigenvalue weighted by molar-refractivity contribution is 5.93. The molecule has 0 spiro atoms. The molecule has 2 rings (SSSR count). The summed E-state index contributed by atoms with van der Waals surface area (Å²) in [5.74, 6) is 0.456. The number of piperidine rings is 1. The Morgan fingerprint density at radius 1 is 1.52 bits per heavy atom. The number of nitrogens with zero attached hydrogens (tertiary/aromatic N) is 2. The van der Waals surface area contributed by atoms with Gasteiger partial charge in [-0.05, 0) is 31.8 Å². The second-order valence-electron chi connectivity index (χ2n) is 5.07. The van der Waals surface area contributed by atoms with Crippen molar-refractivity contribution in [1.82, 2.24) is 15.2 Å². The second kappa shape index (κ2) is 7.99. The summed E-state index contributed by atoms with van der Waals surface area (Å²) in [5, 5.41) is 13.9. The Kier molecular flexibility index (Phi) is 6.64. The lowest BCUT2D eigenvalue weighted by Gasteiger charge is -2.31. The zero-order valence-electron chi connectivity index (χ0n) is 12.0. The topological polar surface area (TPSA) is 91.3 Å². The van der Waals surface area contributed by atoms with Gasteiger partial charge in [0.25, 0.3) is 11.6 Å². The predicted octanol–water partition coefficient (Wildman–Crippen LogP) is 1.81. The number of H-pyrrole nitrogens is 1. The van der Waals surface area contributed by atoms with Crippen LogP contribution in [0.4, 0.5) is 5.69 Å². The van der Waals surface area contributed by atoms with E-state index in [2.05, 4.69) is 17.2 Å². The third-order valence-electron chi connectivity index (χ3n) is 3.69. The smallest absolute Gasteiger partial charge is 0.287 e. The molecule has 118 valence electrons. The Balaban J connectivity index is 0.00000220. The standard InChI is InChI=1S/C13H20N4O3.ClH/c1-2-14-8-10-3-5-16(6-4-10)13(18)12-7-11(9-15-12)17(19)20;/h7,9-10,14-15H,2-6,8H2,1H3;1H. The van der Waals surface area contributed by atoms with E-state index in [1.165, 1.54) is 12.3 Å². The van der Waals surface area contributed by atoms with Gasteiger partial charge in [-0.3, -0.25) is 14.9 Å². The number of aromatic nitrogens is 1. The number of likely N-dealkylation sites (tertiary alicyclic amines) is 1. The van der Waals surface area contributed by atoms with Crippen LogP contribution in [-0.2, 0) is 0 Å². The van der Waals surface area contributed by atoms with Gasteiger partial charge in [0.05, 0.1) is 11.1 Å². The van der Waals surface area contributed by atoms with Crippen molar-refractivity contribution in [2.24, 2.45) is 5.92 Å². The van der Waals surface area contributed by atoms with Crippen molar-refractivity contribution < 1.29 is 9.72 Å². The van der Waals surface area contributed by atoms with Gasteiger partial charge in [-0.15, -0.1) is 12.4 Å². The lowest BCUT2D eigenvalue weighted by molar-refractivity contribution is -0.384. The highest BCUT2D eigenvalue weighted by Crippen LogP contribution is 2.20. The lowest BCUT2D eigenvalue weighted by atomic mass is 9.96. The molecule has 1 aromatic heterocycles. The van der Waals surface area contributed by atoms with Gasteiger partial charge in [0, 0.05) is 19.2 Å². The maximum atomic E-state index is 12.2. The normalized spacial score (nSPS) is 15.6. The fourth-order valence-electron chi connectivity index (χ4n) is 2.47. The number of hydrogen-bond acceptors (Lipinski definition) is 4. The van der Waals surface area contributed by atoms with Crippen molar-refractivity contribution in [2.75, 3.05) is 26.2 Å². The van der Waals surface area contributed by atoms with Crippen LogP contribution in [0.25, 0.3) is 0 Å². The number of amides is 1. The molecule has 1 aromatic rings. The van der Waals surface area contributed by atoms with Crippen molar-refractivity contribution >= 4 is 24.0 Å². The van der Waals surface area contributed by atoms with Gasteiger partial charge in [-0.1, -0.05) is 6.92 Å². The quantitative estimate of drug-likeness (QED) is 0.640. The third-order valence-corrected chi connectivity index (χ3v) is 3.69. The van der Waals surface area contributed by atoms with E-state index in [0.717, 1.165) is 25.9 Å². The van der Waals surface area contributed by atoms with Gasteiger partial charge in [0.1, 0.15) is 5.69 Å². The first-order valence-electron chi connectivity index (χ1n) is 6.94. The molecule has 2 heterocycles. The molecule has 0 saturated carbocycles. The molecule has 0 atom stereocenters. The molecule has 1 fully saturated rings. The summed E-state index contributed by atoms with van der Waals surface area (Å²) in [6.45, 7) is 5.46. The van der Waals surface area contributed by atoms with Crippen LogP contribution in [0.2, 0.25) is 0 Å². The molecule has 21 heavy (non-hydrogen) atoms. The van der Waals surface area contributed by atoms with Crippen LogP contribution in [0.15, 0.2) is 12.3 Å². The van der Waals surface area contributed by atoms with Gasteiger partial charge in [0.15, 0.2) is 0 Å². The Hall–Kier alpha value is -1.60. The Labute approximate surface area is 129 Å². The highest BCUT2D eigenvalue weighted by atomic mass is 35.5. The molecule has 1 aliphatic rings. The summed E-state index contributed by atoms with van der Waals surface area (Å²) in [6.07, 6.45) is 3.20. The Morgan fingerprint density at radius 2 is 2.19 bits per heavy atom. The van der Waals surface area contributed by atoms with E-state index in [1.807, 2.05) is 0 Å². The SMILES string of the molecule is CCNCC1CCN(C(=O)c2cc([N+](=O)[O-])c[nH]2)CC1.Cl. The zero-order valence-corrected chi connectivity index (χ0v) is 12.8. The minimum absolute atomic E-state index is 0.